The molecule has 1 heterocycles. The van der Waals surface area contributed by atoms with Gasteiger partial charge in [0, 0.05) is 22.3 Å². The standard InChI is InChI=1S/C25H21F3N4O4S3/c1-35-18-12-11-17(22(13-18)36-2)15-38(24-30-16-31-37-24,32-39(33,34)19-7-4-3-5-8-19)23-10-6-9-21(20(23)14-29)25(26,27)28/h3-13,16,32H,15H2,1-2H3. The molecular formula is C25H21F3N4O4S3. The third-order valence-corrected chi connectivity index (χ3v) is 12.6. The van der Waals surface area contributed by atoms with E-state index in [4.69, 9.17) is 9.47 Å². The van der Waals surface area contributed by atoms with Crippen LogP contribution in [0.3, 0.4) is 0 Å². The Kier molecular flexibility index (Phi) is 8.17. The van der Waals surface area contributed by atoms with E-state index >= 15 is 0 Å². The number of nitrogens with one attached hydrogen (secondary N) is 1. The van der Waals surface area contributed by atoms with Crippen molar-refractivity contribution in [2.75, 3.05) is 14.2 Å². The molecule has 3 aromatic carbocycles. The molecule has 0 saturated heterocycles. The molecule has 0 aliphatic carbocycles. The van der Waals surface area contributed by atoms with Gasteiger partial charge in [-0.25, -0.2) is 13.4 Å². The first-order chi connectivity index (χ1) is 18.6. The molecular weight excluding hydrogens is 573 g/mol. The lowest BCUT2D eigenvalue weighted by atomic mass is 10.1. The maximum atomic E-state index is 14.0. The van der Waals surface area contributed by atoms with Gasteiger partial charge in [-0.15, -0.1) is 0 Å². The second kappa shape index (κ2) is 11.2. The van der Waals surface area contributed by atoms with Gasteiger partial charge in [-0.3, -0.25) is 0 Å². The fourth-order valence-corrected chi connectivity index (χ4v) is 11.0. The highest BCUT2D eigenvalue weighted by atomic mass is 32.3. The van der Waals surface area contributed by atoms with E-state index in [-0.39, 0.29) is 19.9 Å². The van der Waals surface area contributed by atoms with Crippen LogP contribution in [0.2, 0.25) is 0 Å². The molecule has 1 atom stereocenters. The van der Waals surface area contributed by atoms with E-state index in [0.29, 0.717) is 17.1 Å². The van der Waals surface area contributed by atoms with E-state index in [0.717, 1.165) is 23.7 Å². The first kappa shape index (κ1) is 28.4. The van der Waals surface area contributed by atoms with Crippen molar-refractivity contribution in [1.29, 1.82) is 5.26 Å². The van der Waals surface area contributed by atoms with Crippen molar-refractivity contribution in [1.82, 2.24) is 13.5 Å². The van der Waals surface area contributed by atoms with Gasteiger partial charge in [0.2, 0.25) is 10.0 Å². The van der Waals surface area contributed by atoms with Gasteiger partial charge in [-0.05, 0) is 41.9 Å². The lowest BCUT2D eigenvalue weighted by molar-refractivity contribution is -0.137. The molecule has 1 aromatic heterocycles. The molecule has 0 aliphatic heterocycles. The monoisotopic (exact) mass is 594 g/mol. The third-order valence-electron chi connectivity index (χ3n) is 5.63. The van der Waals surface area contributed by atoms with Crippen molar-refractivity contribution in [2.24, 2.45) is 0 Å². The van der Waals surface area contributed by atoms with Crippen LogP contribution in [0.15, 0.2) is 87.2 Å². The van der Waals surface area contributed by atoms with E-state index < -0.39 is 37.5 Å². The molecule has 14 heteroatoms. The SMILES string of the molecule is COc1ccc(CS(NS(=O)(=O)c2ccccc2)(c2ncns2)c2cccc(C(F)(F)F)c2C#N)c(OC)c1. The number of methoxy groups -OCH3 is 2. The summed E-state index contributed by atoms with van der Waals surface area (Å²) in [5, 5.41) is 9.99. The summed E-state index contributed by atoms with van der Waals surface area (Å²) in [6.07, 6.45) is -3.69. The van der Waals surface area contributed by atoms with Crippen LogP contribution in [-0.2, 0) is 22.0 Å². The lowest BCUT2D eigenvalue weighted by Crippen LogP contribution is -2.31. The molecule has 0 saturated carbocycles. The third kappa shape index (κ3) is 5.71. The van der Waals surface area contributed by atoms with Gasteiger partial charge >= 0.3 is 6.18 Å². The predicted molar refractivity (Wildman–Crippen MR) is 140 cm³/mol. The van der Waals surface area contributed by atoms with Crippen LogP contribution < -0.4 is 13.6 Å². The van der Waals surface area contributed by atoms with Gasteiger partial charge in [0.15, 0.2) is 4.34 Å². The molecule has 0 amide bonds. The van der Waals surface area contributed by atoms with Crippen molar-refractivity contribution < 1.29 is 31.1 Å². The molecule has 4 aromatic rings. The molecule has 1 unspecified atom stereocenters. The van der Waals surface area contributed by atoms with Gasteiger partial charge < -0.3 is 9.47 Å². The lowest BCUT2D eigenvalue weighted by Gasteiger charge is -2.39. The van der Waals surface area contributed by atoms with Crippen molar-refractivity contribution in [3.05, 3.63) is 89.7 Å². The van der Waals surface area contributed by atoms with E-state index in [1.807, 2.05) is 0 Å². The highest BCUT2D eigenvalue weighted by Crippen LogP contribution is 2.65. The van der Waals surface area contributed by atoms with Crippen LogP contribution in [0.4, 0.5) is 13.2 Å². The van der Waals surface area contributed by atoms with Crippen LogP contribution in [-0.4, -0.2) is 32.0 Å². The fourth-order valence-electron chi connectivity index (χ4n) is 3.87. The maximum absolute atomic E-state index is 14.0. The molecule has 8 nitrogen and oxygen atoms in total. The van der Waals surface area contributed by atoms with Crippen LogP contribution >= 0.6 is 21.7 Å². The van der Waals surface area contributed by atoms with Gasteiger partial charge in [-0.1, -0.05) is 40.5 Å². The Balaban J connectivity index is 2.07. The summed E-state index contributed by atoms with van der Waals surface area (Å²) in [5.74, 6) is 0.561. The molecule has 204 valence electrons. The average Bonchev–Trinajstić information content (AvgIpc) is 3.48. The number of halogens is 3. The number of rotatable bonds is 9. The molecule has 0 fully saturated rings. The minimum absolute atomic E-state index is 0.107. The average molecular weight is 595 g/mol. The van der Waals surface area contributed by atoms with Gasteiger partial charge in [0.25, 0.3) is 0 Å². The number of sulfonamides is 1. The van der Waals surface area contributed by atoms with E-state index in [1.54, 1.807) is 30.3 Å². The summed E-state index contributed by atoms with van der Waals surface area (Å²) in [7, 11) is -4.77. The zero-order chi connectivity index (χ0) is 28.3. The highest BCUT2D eigenvalue weighted by molar-refractivity contribution is 8.36. The number of hydrogen-bond acceptors (Lipinski definition) is 8. The van der Waals surface area contributed by atoms with Gasteiger partial charge in [0.05, 0.1) is 30.2 Å². The normalized spacial score (nSPS) is 14.2. The predicted octanol–water partition coefficient (Wildman–Crippen LogP) is 5.76. The number of nitrogens with zero attached hydrogens (tertiary/aromatic N) is 3. The van der Waals surface area contributed by atoms with Crippen LogP contribution in [0, 0.1) is 11.3 Å². The minimum atomic E-state index is -4.87. The quantitative estimate of drug-likeness (QED) is 0.262. The van der Waals surface area contributed by atoms with Crippen molar-refractivity contribution in [3.63, 3.8) is 0 Å². The van der Waals surface area contributed by atoms with Crippen LogP contribution in [0.5, 0.6) is 11.5 Å². The molecule has 0 aliphatic rings. The number of ether oxygens (including phenoxy) is 2. The molecule has 0 spiro atoms. The molecule has 0 bridgehead atoms. The summed E-state index contributed by atoms with van der Waals surface area (Å²) >= 11 is 0.826. The topological polar surface area (TPSA) is 114 Å². The van der Waals surface area contributed by atoms with E-state index in [1.165, 1.54) is 50.9 Å². The second-order valence-electron chi connectivity index (χ2n) is 7.96. The highest BCUT2D eigenvalue weighted by Gasteiger charge is 2.43. The van der Waals surface area contributed by atoms with Crippen LogP contribution in [0.1, 0.15) is 16.7 Å². The van der Waals surface area contributed by atoms with Crippen molar-refractivity contribution in [3.8, 4) is 17.6 Å². The summed E-state index contributed by atoms with van der Waals surface area (Å²) in [5.41, 5.74) is -1.46. The van der Waals surface area contributed by atoms with E-state index in [2.05, 4.69) is 13.5 Å². The zero-order valence-electron chi connectivity index (χ0n) is 20.5. The van der Waals surface area contributed by atoms with Crippen molar-refractivity contribution >= 4 is 31.8 Å². The van der Waals surface area contributed by atoms with Crippen LogP contribution in [0.25, 0.3) is 0 Å². The Morgan fingerprint density at radius 2 is 1.77 bits per heavy atom. The molecule has 4 rings (SSSR count). The summed E-state index contributed by atoms with van der Waals surface area (Å²) < 4.78 is 87.2. The maximum Gasteiger partial charge on any atom is 0.417 e. The number of hydrogen-bond donors (Lipinski definition) is 1. The Labute approximate surface area is 228 Å². The first-order valence-corrected chi connectivity index (χ1v) is 15.1. The van der Waals surface area contributed by atoms with E-state index in [9.17, 15) is 26.9 Å². The number of nitriles is 1. The number of benzene rings is 3. The van der Waals surface area contributed by atoms with Crippen molar-refractivity contribution in [2.45, 2.75) is 26.1 Å². The summed E-state index contributed by atoms with van der Waals surface area (Å²) in [4.78, 5) is 3.99. The molecule has 39 heavy (non-hydrogen) atoms. The Bertz CT molecular complexity index is 1610. The summed E-state index contributed by atoms with van der Waals surface area (Å²) in [6, 6.07) is 17.1. The minimum Gasteiger partial charge on any atom is -0.497 e. The zero-order valence-corrected chi connectivity index (χ0v) is 22.9. The number of aromatic nitrogens is 2. The smallest absolute Gasteiger partial charge is 0.417 e. The Hall–Kier alpha value is -3.64. The Morgan fingerprint density at radius 3 is 2.36 bits per heavy atom. The molecule has 0 radical (unpaired) electrons. The Morgan fingerprint density at radius 1 is 1.03 bits per heavy atom. The van der Waals surface area contributed by atoms with Gasteiger partial charge in [-0.2, -0.15) is 26.9 Å². The second-order valence-corrected chi connectivity index (χ2v) is 13.7. The largest absolute Gasteiger partial charge is 0.497 e. The fraction of sp³-hybridized carbons (Fsp3) is 0.160. The first-order valence-electron chi connectivity index (χ1n) is 11.0. The van der Waals surface area contributed by atoms with Gasteiger partial charge in [0.1, 0.15) is 23.9 Å². The number of alkyl halides is 3. The summed E-state index contributed by atoms with van der Waals surface area (Å²) in [6.45, 7) is 0. The molecule has 1 N–H and O–H groups in total.